The first-order valence-electron chi connectivity index (χ1n) is 11.7. The maximum Gasteiger partial charge on any atom is 0.293 e. The van der Waals surface area contributed by atoms with Gasteiger partial charge < -0.3 is 9.64 Å². The van der Waals surface area contributed by atoms with Gasteiger partial charge in [-0.05, 0) is 96.2 Å². The Labute approximate surface area is 244 Å². The number of amides is 2. The van der Waals surface area contributed by atoms with Crippen LogP contribution < -0.4 is 9.64 Å². The molecule has 5 nitrogen and oxygen atoms in total. The normalized spacial score (nSPS) is 14.5. The summed E-state index contributed by atoms with van der Waals surface area (Å²) in [6.45, 7) is 6.33. The summed E-state index contributed by atoms with van der Waals surface area (Å²) in [5, 5.41) is 0.787. The molecule has 0 unspecified atom stereocenters. The molecule has 9 heteroatoms. The molecular formula is C28H25Cl2IN2O3S. The molecule has 0 spiro atoms. The SMILES string of the molecule is CCN(CC)c1ccc(/C=C2\SC(=O)N(Cc3ccc(I)cc3)C2=O)c(OCc2ccc(Cl)cc2Cl)c1. The van der Waals surface area contributed by atoms with Crippen molar-refractivity contribution in [3.8, 4) is 5.75 Å². The van der Waals surface area contributed by atoms with Crippen LogP contribution in [0.5, 0.6) is 5.75 Å². The lowest BCUT2D eigenvalue weighted by Gasteiger charge is -2.22. The number of benzene rings is 3. The molecule has 0 radical (unpaired) electrons. The average Bonchev–Trinajstić information content (AvgIpc) is 3.14. The topological polar surface area (TPSA) is 49.9 Å². The van der Waals surface area contributed by atoms with Gasteiger partial charge in [0.05, 0.1) is 11.4 Å². The highest BCUT2D eigenvalue weighted by Crippen LogP contribution is 2.36. The van der Waals surface area contributed by atoms with Gasteiger partial charge in [0.2, 0.25) is 0 Å². The van der Waals surface area contributed by atoms with E-state index in [2.05, 4.69) is 41.3 Å². The van der Waals surface area contributed by atoms with E-state index in [-0.39, 0.29) is 24.3 Å². The van der Waals surface area contributed by atoms with Crippen molar-refractivity contribution < 1.29 is 14.3 Å². The van der Waals surface area contributed by atoms with Crippen LogP contribution in [0.15, 0.2) is 65.6 Å². The fourth-order valence-electron chi connectivity index (χ4n) is 3.90. The van der Waals surface area contributed by atoms with Crippen molar-refractivity contribution >= 4 is 80.5 Å². The van der Waals surface area contributed by atoms with E-state index in [0.29, 0.717) is 26.3 Å². The zero-order valence-corrected chi connectivity index (χ0v) is 24.8. The number of rotatable bonds is 9. The maximum atomic E-state index is 13.2. The first-order valence-corrected chi connectivity index (χ1v) is 14.4. The van der Waals surface area contributed by atoms with Crippen LogP contribution >= 0.6 is 57.6 Å². The van der Waals surface area contributed by atoms with Crippen molar-refractivity contribution in [3.63, 3.8) is 0 Å². The molecule has 0 aliphatic carbocycles. The number of carbonyl (C=O) groups excluding carboxylic acids is 2. The zero-order chi connectivity index (χ0) is 26.5. The van der Waals surface area contributed by atoms with Gasteiger partial charge in [0.1, 0.15) is 12.4 Å². The maximum absolute atomic E-state index is 13.2. The fraction of sp³-hybridized carbons (Fsp3) is 0.214. The van der Waals surface area contributed by atoms with E-state index in [1.165, 1.54) is 4.90 Å². The van der Waals surface area contributed by atoms with Crippen LogP contribution in [0.25, 0.3) is 6.08 Å². The second kappa shape index (κ2) is 12.6. The Morgan fingerprint density at radius 3 is 2.41 bits per heavy atom. The molecule has 192 valence electrons. The third-order valence-electron chi connectivity index (χ3n) is 5.94. The van der Waals surface area contributed by atoms with Gasteiger partial charge in [0.15, 0.2) is 0 Å². The van der Waals surface area contributed by atoms with Gasteiger partial charge in [-0.15, -0.1) is 0 Å². The van der Waals surface area contributed by atoms with E-state index >= 15 is 0 Å². The lowest BCUT2D eigenvalue weighted by Crippen LogP contribution is -2.27. The molecule has 1 aliphatic rings. The van der Waals surface area contributed by atoms with Crippen LogP contribution in [0, 0.1) is 3.57 Å². The Morgan fingerprint density at radius 1 is 1.00 bits per heavy atom. The summed E-state index contributed by atoms with van der Waals surface area (Å²) in [5.74, 6) is 0.285. The number of nitrogens with zero attached hydrogens (tertiary/aromatic N) is 2. The zero-order valence-electron chi connectivity index (χ0n) is 20.3. The summed E-state index contributed by atoms with van der Waals surface area (Å²) in [6.07, 6.45) is 1.73. The Balaban J connectivity index is 1.62. The lowest BCUT2D eigenvalue weighted by molar-refractivity contribution is -0.123. The minimum atomic E-state index is -0.312. The molecule has 1 saturated heterocycles. The number of hydrogen-bond donors (Lipinski definition) is 0. The van der Waals surface area contributed by atoms with Crippen molar-refractivity contribution in [1.29, 1.82) is 0 Å². The van der Waals surface area contributed by atoms with Crippen molar-refractivity contribution in [2.75, 3.05) is 18.0 Å². The fourth-order valence-corrected chi connectivity index (χ4v) is 5.55. The van der Waals surface area contributed by atoms with E-state index in [1.54, 1.807) is 18.2 Å². The highest BCUT2D eigenvalue weighted by atomic mass is 127. The van der Waals surface area contributed by atoms with Crippen molar-refractivity contribution in [3.05, 3.63) is 95.9 Å². The summed E-state index contributed by atoms with van der Waals surface area (Å²) < 4.78 is 7.30. The monoisotopic (exact) mass is 666 g/mol. The number of hydrogen-bond acceptors (Lipinski definition) is 5. The number of anilines is 1. The Morgan fingerprint density at radius 2 is 1.73 bits per heavy atom. The third-order valence-corrected chi connectivity index (χ3v) is 8.15. The number of imide groups is 1. The van der Waals surface area contributed by atoms with Crippen LogP contribution in [0.3, 0.4) is 0 Å². The van der Waals surface area contributed by atoms with Gasteiger partial charge in [-0.2, -0.15) is 0 Å². The molecular weight excluding hydrogens is 642 g/mol. The van der Waals surface area contributed by atoms with Crippen LogP contribution in [0.4, 0.5) is 10.5 Å². The first kappa shape index (κ1) is 27.8. The molecule has 3 aromatic rings. The summed E-state index contributed by atoms with van der Waals surface area (Å²) in [5.41, 5.74) is 3.41. The number of carbonyl (C=O) groups is 2. The summed E-state index contributed by atoms with van der Waals surface area (Å²) >= 11 is 15.5. The molecule has 0 aromatic heterocycles. The second-order valence-electron chi connectivity index (χ2n) is 8.31. The highest BCUT2D eigenvalue weighted by Gasteiger charge is 2.35. The minimum Gasteiger partial charge on any atom is -0.488 e. The molecule has 0 bridgehead atoms. The van der Waals surface area contributed by atoms with E-state index < -0.39 is 0 Å². The predicted octanol–water partition coefficient (Wildman–Crippen LogP) is 8.26. The van der Waals surface area contributed by atoms with Gasteiger partial charge >= 0.3 is 0 Å². The quantitative estimate of drug-likeness (QED) is 0.170. The molecule has 0 atom stereocenters. The summed E-state index contributed by atoms with van der Waals surface area (Å²) in [4.78, 5) is 29.7. The smallest absolute Gasteiger partial charge is 0.293 e. The minimum absolute atomic E-state index is 0.229. The van der Waals surface area contributed by atoms with Gasteiger partial charge in [0.25, 0.3) is 11.1 Å². The average molecular weight is 667 g/mol. The van der Waals surface area contributed by atoms with E-state index in [4.69, 9.17) is 27.9 Å². The summed E-state index contributed by atoms with van der Waals surface area (Å²) in [7, 11) is 0. The highest BCUT2D eigenvalue weighted by molar-refractivity contribution is 14.1. The van der Waals surface area contributed by atoms with Crippen LogP contribution in [0.1, 0.15) is 30.5 Å². The van der Waals surface area contributed by atoms with E-state index in [0.717, 1.165) is 45.2 Å². The Kier molecular flexibility index (Phi) is 9.45. The van der Waals surface area contributed by atoms with Gasteiger partial charge in [-0.1, -0.05) is 41.4 Å². The van der Waals surface area contributed by atoms with Crippen molar-refractivity contribution in [1.82, 2.24) is 4.90 Å². The van der Waals surface area contributed by atoms with Gasteiger partial charge in [-0.3, -0.25) is 14.5 Å². The molecule has 37 heavy (non-hydrogen) atoms. The molecule has 1 aliphatic heterocycles. The van der Waals surface area contributed by atoms with Gasteiger partial charge in [0, 0.05) is 49.6 Å². The number of halogens is 3. The third kappa shape index (κ3) is 6.82. The largest absolute Gasteiger partial charge is 0.488 e. The molecule has 0 N–H and O–H groups in total. The summed E-state index contributed by atoms with van der Waals surface area (Å²) in [6, 6.07) is 18.9. The van der Waals surface area contributed by atoms with E-state index in [9.17, 15) is 9.59 Å². The molecule has 1 fully saturated rings. The van der Waals surface area contributed by atoms with Crippen LogP contribution in [-0.4, -0.2) is 29.1 Å². The van der Waals surface area contributed by atoms with Crippen LogP contribution in [-0.2, 0) is 17.9 Å². The molecule has 2 amide bonds. The Bertz CT molecular complexity index is 1340. The first-order chi connectivity index (χ1) is 17.8. The molecule has 4 rings (SSSR count). The van der Waals surface area contributed by atoms with Crippen molar-refractivity contribution in [2.45, 2.75) is 27.0 Å². The number of thioether (sulfide) groups is 1. The van der Waals surface area contributed by atoms with Crippen molar-refractivity contribution in [2.24, 2.45) is 0 Å². The van der Waals surface area contributed by atoms with Crippen LogP contribution in [0.2, 0.25) is 10.0 Å². The molecule has 1 heterocycles. The standard InChI is InChI=1S/C28H25Cl2IN2O3S/c1-3-32(4-2)23-12-8-19(25(15-23)36-17-20-7-9-21(29)14-24(20)30)13-26-27(34)33(28(35)37-26)16-18-5-10-22(31)11-6-18/h5-15H,3-4,16-17H2,1-2H3/b26-13-. The molecule has 3 aromatic carbocycles. The number of ether oxygens (including phenoxy) is 1. The van der Waals surface area contributed by atoms with Gasteiger partial charge in [-0.25, -0.2) is 0 Å². The lowest BCUT2D eigenvalue weighted by atomic mass is 10.1. The second-order valence-corrected chi connectivity index (χ2v) is 11.4. The predicted molar refractivity (Wildman–Crippen MR) is 161 cm³/mol. The molecule has 0 saturated carbocycles. The Hall–Kier alpha value is -2.20. The van der Waals surface area contributed by atoms with E-state index in [1.807, 2.05) is 48.5 Å².